The molecule has 0 unspecified atom stereocenters. The maximum absolute atomic E-state index is 13.3. The Labute approximate surface area is 219 Å². The predicted octanol–water partition coefficient (Wildman–Crippen LogP) is 5.64. The number of imide groups is 1. The van der Waals surface area contributed by atoms with Crippen molar-refractivity contribution in [3.63, 3.8) is 0 Å². The van der Waals surface area contributed by atoms with Crippen LogP contribution in [0.2, 0.25) is 5.02 Å². The number of thioether (sulfide) groups is 1. The number of nitrogens with zero attached hydrogens (tertiary/aromatic N) is 2. The number of anilines is 1. The van der Waals surface area contributed by atoms with Gasteiger partial charge in [0.15, 0.2) is 0 Å². The summed E-state index contributed by atoms with van der Waals surface area (Å²) in [4.78, 5) is 48.6. The zero-order valence-corrected chi connectivity index (χ0v) is 20.4. The van der Waals surface area contributed by atoms with Gasteiger partial charge in [-0.1, -0.05) is 23.7 Å². The molecule has 4 rings (SSSR count). The summed E-state index contributed by atoms with van der Waals surface area (Å²) in [6, 6.07) is 16.4. The molecular formula is C25H17ClFN3O6S. The van der Waals surface area contributed by atoms with E-state index in [-0.39, 0.29) is 27.9 Å². The average Bonchev–Trinajstić information content (AvgIpc) is 3.13. The van der Waals surface area contributed by atoms with E-state index < -0.39 is 34.3 Å². The first-order valence-corrected chi connectivity index (χ1v) is 11.9. The summed E-state index contributed by atoms with van der Waals surface area (Å²) < 4.78 is 19.0. The molecule has 0 aliphatic carbocycles. The van der Waals surface area contributed by atoms with Gasteiger partial charge in [-0.25, -0.2) is 4.39 Å². The van der Waals surface area contributed by atoms with Crippen molar-refractivity contribution in [3.05, 3.63) is 104 Å². The molecule has 188 valence electrons. The van der Waals surface area contributed by atoms with Crippen LogP contribution >= 0.6 is 23.4 Å². The number of benzene rings is 3. The number of hydrogen-bond donors (Lipinski definition) is 1. The van der Waals surface area contributed by atoms with Crippen LogP contribution in [0.4, 0.5) is 20.6 Å². The molecule has 37 heavy (non-hydrogen) atoms. The third-order valence-corrected chi connectivity index (χ3v) is 6.31. The van der Waals surface area contributed by atoms with Gasteiger partial charge in [0, 0.05) is 17.8 Å². The lowest BCUT2D eigenvalue weighted by molar-refractivity contribution is -0.384. The standard InChI is InChI=1S/C25H17ClFN3O6S/c26-20-12-17(5-10-21(20)27)28-23(31)13-29-24(32)22(37-25(29)33)11-15-3-8-19(9-4-15)36-14-16-1-6-18(7-2-16)30(34)35/h1-12H,13-14H2,(H,28,31)/b22-11+. The number of non-ortho nitro benzene ring substituents is 1. The lowest BCUT2D eigenvalue weighted by Gasteiger charge is -2.12. The summed E-state index contributed by atoms with van der Waals surface area (Å²) in [7, 11) is 0. The highest BCUT2D eigenvalue weighted by Crippen LogP contribution is 2.32. The number of nitrogens with one attached hydrogen (secondary N) is 1. The quantitative estimate of drug-likeness (QED) is 0.222. The van der Waals surface area contributed by atoms with Gasteiger partial charge in [-0.15, -0.1) is 0 Å². The molecule has 0 aromatic heterocycles. The van der Waals surface area contributed by atoms with Crippen molar-refractivity contribution in [1.29, 1.82) is 0 Å². The summed E-state index contributed by atoms with van der Waals surface area (Å²) >= 11 is 6.41. The molecular weight excluding hydrogens is 525 g/mol. The topological polar surface area (TPSA) is 119 Å². The molecule has 0 spiro atoms. The molecule has 9 nitrogen and oxygen atoms in total. The van der Waals surface area contributed by atoms with Gasteiger partial charge in [0.2, 0.25) is 5.91 Å². The Morgan fingerprint density at radius 2 is 1.81 bits per heavy atom. The number of hydrogen-bond acceptors (Lipinski definition) is 7. The first-order chi connectivity index (χ1) is 17.7. The van der Waals surface area contributed by atoms with E-state index in [9.17, 15) is 28.9 Å². The van der Waals surface area contributed by atoms with Crippen LogP contribution in [0.1, 0.15) is 11.1 Å². The smallest absolute Gasteiger partial charge is 0.294 e. The number of amides is 3. The van der Waals surface area contributed by atoms with Gasteiger partial charge in [-0.2, -0.15) is 0 Å². The zero-order chi connectivity index (χ0) is 26.5. The van der Waals surface area contributed by atoms with Crippen LogP contribution in [0.3, 0.4) is 0 Å². The molecule has 3 amide bonds. The molecule has 0 radical (unpaired) electrons. The van der Waals surface area contributed by atoms with Gasteiger partial charge in [0.05, 0.1) is 14.9 Å². The molecule has 12 heteroatoms. The predicted molar refractivity (Wildman–Crippen MR) is 137 cm³/mol. The minimum Gasteiger partial charge on any atom is -0.489 e. The summed E-state index contributed by atoms with van der Waals surface area (Å²) in [5, 5.41) is 12.4. The van der Waals surface area contributed by atoms with Crippen LogP contribution in [0, 0.1) is 15.9 Å². The fraction of sp³-hybridized carbons (Fsp3) is 0.0800. The molecule has 1 fully saturated rings. The van der Waals surface area contributed by atoms with Gasteiger partial charge >= 0.3 is 0 Å². The highest BCUT2D eigenvalue weighted by Gasteiger charge is 2.36. The van der Waals surface area contributed by atoms with E-state index in [0.717, 1.165) is 16.5 Å². The second kappa shape index (κ2) is 11.2. The molecule has 3 aromatic rings. The largest absolute Gasteiger partial charge is 0.489 e. The Kier molecular flexibility index (Phi) is 7.85. The number of rotatable bonds is 8. The Balaban J connectivity index is 1.34. The number of nitro groups is 1. The maximum atomic E-state index is 13.3. The molecule has 1 saturated heterocycles. The van der Waals surface area contributed by atoms with Gasteiger partial charge in [-0.3, -0.25) is 29.4 Å². The van der Waals surface area contributed by atoms with Crippen LogP contribution in [0.5, 0.6) is 5.75 Å². The van der Waals surface area contributed by atoms with Crippen molar-refractivity contribution in [1.82, 2.24) is 4.90 Å². The lowest BCUT2D eigenvalue weighted by Crippen LogP contribution is -2.36. The van der Waals surface area contributed by atoms with E-state index in [0.29, 0.717) is 23.1 Å². The number of ether oxygens (including phenoxy) is 1. The molecule has 0 atom stereocenters. The van der Waals surface area contributed by atoms with E-state index in [1.165, 1.54) is 30.3 Å². The van der Waals surface area contributed by atoms with Crippen molar-refractivity contribution in [2.45, 2.75) is 6.61 Å². The van der Waals surface area contributed by atoms with Crippen LogP contribution < -0.4 is 10.1 Å². The molecule has 1 aliphatic heterocycles. The second-order valence-electron chi connectivity index (χ2n) is 7.73. The van der Waals surface area contributed by atoms with Crippen molar-refractivity contribution in [3.8, 4) is 5.75 Å². The van der Waals surface area contributed by atoms with Crippen LogP contribution in [0.15, 0.2) is 71.6 Å². The van der Waals surface area contributed by atoms with Crippen molar-refractivity contribution >= 4 is 57.9 Å². The highest BCUT2D eigenvalue weighted by molar-refractivity contribution is 8.18. The van der Waals surface area contributed by atoms with E-state index in [1.54, 1.807) is 36.4 Å². The first-order valence-electron chi connectivity index (χ1n) is 10.7. The first kappa shape index (κ1) is 25.9. The fourth-order valence-electron chi connectivity index (χ4n) is 3.25. The molecule has 3 aromatic carbocycles. The SMILES string of the molecule is O=C(CN1C(=O)S/C(=C/c2ccc(OCc3ccc([N+](=O)[O-])cc3)cc2)C1=O)Nc1ccc(F)c(Cl)c1. The summed E-state index contributed by atoms with van der Waals surface area (Å²) in [5.41, 5.74) is 1.62. The van der Waals surface area contributed by atoms with E-state index in [4.69, 9.17) is 16.3 Å². The van der Waals surface area contributed by atoms with Gasteiger partial charge in [0.1, 0.15) is 24.7 Å². The Hall–Kier alpha value is -4.22. The molecule has 0 saturated carbocycles. The normalized spacial score (nSPS) is 14.2. The number of carbonyl (C=O) groups is 3. The van der Waals surface area contributed by atoms with Gasteiger partial charge in [-0.05, 0) is 71.4 Å². The van der Waals surface area contributed by atoms with E-state index >= 15 is 0 Å². The average molecular weight is 542 g/mol. The van der Waals surface area contributed by atoms with Gasteiger partial charge in [0.25, 0.3) is 16.8 Å². The zero-order valence-electron chi connectivity index (χ0n) is 18.9. The van der Waals surface area contributed by atoms with Crippen molar-refractivity contribution in [2.24, 2.45) is 0 Å². The Morgan fingerprint density at radius 1 is 1.11 bits per heavy atom. The molecule has 1 heterocycles. The fourth-order valence-corrected chi connectivity index (χ4v) is 4.27. The Morgan fingerprint density at radius 3 is 2.46 bits per heavy atom. The summed E-state index contributed by atoms with van der Waals surface area (Å²) in [6.07, 6.45) is 1.53. The molecule has 0 bridgehead atoms. The van der Waals surface area contributed by atoms with Crippen molar-refractivity contribution in [2.75, 3.05) is 11.9 Å². The lowest BCUT2D eigenvalue weighted by atomic mass is 10.2. The molecule has 1 N–H and O–H groups in total. The van der Waals surface area contributed by atoms with Crippen LogP contribution in [-0.4, -0.2) is 33.4 Å². The van der Waals surface area contributed by atoms with Gasteiger partial charge < -0.3 is 10.1 Å². The summed E-state index contributed by atoms with van der Waals surface area (Å²) in [6.45, 7) is -0.297. The second-order valence-corrected chi connectivity index (χ2v) is 9.13. The van der Waals surface area contributed by atoms with E-state index in [2.05, 4.69) is 5.32 Å². The monoisotopic (exact) mass is 541 g/mol. The minimum atomic E-state index is -0.639. The van der Waals surface area contributed by atoms with E-state index in [1.807, 2.05) is 0 Å². The third kappa shape index (κ3) is 6.51. The highest BCUT2D eigenvalue weighted by atomic mass is 35.5. The summed E-state index contributed by atoms with van der Waals surface area (Å²) in [5.74, 6) is -1.34. The number of halogens is 2. The van der Waals surface area contributed by atoms with Crippen LogP contribution in [0.25, 0.3) is 6.08 Å². The maximum Gasteiger partial charge on any atom is 0.294 e. The van der Waals surface area contributed by atoms with Crippen LogP contribution in [-0.2, 0) is 16.2 Å². The third-order valence-electron chi connectivity index (χ3n) is 5.11. The van der Waals surface area contributed by atoms with Crippen molar-refractivity contribution < 1.29 is 28.4 Å². The minimum absolute atomic E-state index is 0.00376. The molecule has 1 aliphatic rings. The number of carbonyl (C=O) groups excluding carboxylic acids is 3. The Bertz CT molecular complexity index is 1410. The number of nitro benzene ring substituents is 1.